The van der Waals surface area contributed by atoms with Gasteiger partial charge in [0, 0.05) is 44.6 Å². The van der Waals surface area contributed by atoms with E-state index in [1.54, 1.807) is 23.0 Å². The molecule has 0 radical (unpaired) electrons. The Bertz CT molecular complexity index is 709. The van der Waals surface area contributed by atoms with Crippen molar-refractivity contribution in [3.05, 3.63) is 24.3 Å². The number of likely N-dealkylation sites (tertiary alicyclic amines) is 1. The minimum Gasteiger partial charge on any atom is -0.379 e. The lowest BCUT2D eigenvalue weighted by Gasteiger charge is -2.34. The van der Waals surface area contributed by atoms with Gasteiger partial charge in [0.25, 0.3) is 5.78 Å². The van der Waals surface area contributed by atoms with Crippen molar-refractivity contribution in [2.45, 2.75) is 25.8 Å². The van der Waals surface area contributed by atoms with Gasteiger partial charge in [-0.05, 0) is 12.0 Å². The number of ether oxygens (including phenoxy) is 1. The Morgan fingerprint density at radius 3 is 2.92 bits per heavy atom. The van der Waals surface area contributed by atoms with Crippen LogP contribution in [0.2, 0.25) is 0 Å². The number of amides is 1. The number of hydrogen-bond donors (Lipinski definition) is 0. The molecule has 8 nitrogen and oxygen atoms in total. The fourth-order valence-electron chi connectivity index (χ4n) is 3.88. The van der Waals surface area contributed by atoms with Crippen molar-refractivity contribution in [3.63, 3.8) is 0 Å². The molecule has 4 heterocycles. The van der Waals surface area contributed by atoms with E-state index in [0.717, 1.165) is 45.8 Å². The molecule has 4 rings (SSSR count). The molecule has 0 bridgehead atoms. The number of morpholine rings is 1. The van der Waals surface area contributed by atoms with Gasteiger partial charge in [-0.3, -0.25) is 9.69 Å². The second-order valence-electron chi connectivity index (χ2n) is 6.75. The highest BCUT2D eigenvalue weighted by Gasteiger charge is 2.38. The van der Waals surface area contributed by atoms with Crippen LogP contribution in [0.5, 0.6) is 0 Å². The van der Waals surface area contributed by atoms with Gasteiger partial charge in [-0.25, -0.2) is 9.50 Å². The van der Waals surface area contributed by atoms with Gasteiger partial charge in [0.05, 0.1) is 19.6 Å². The minimum atomic E-state index is 0.102. The first-order valence-electron chi connectivity index (χ1n) is 9.00. The van der Waals surface area contributed by atoms with Gasteiger partial charge >= 0.3 is 0 Å². The zero-order valence-corrected chi connectivity index (χ0v) is 14.5. The third-order valence-corrected chi connectivity index (χ3v) is 5.27. The lowest BCUT2D eigenvalue weighted by molar-refractivity contribution is -0.129. The summed E-state index contributed by atoms with van der Waals surface area (Å²) < 4.78 is 7.07. The Morgan fingerprint density at radius 1 is 1.32 bits per heavy atom. The predicted octanol–water partition coefficient (Wildman–Crippen LogP) is 0.236. The molecule has 2 saturated heterocycles. The molecule has 2 aliphatic heterocycles. The number of carbonyl (C=O) groups excluding carboxylic acids is 1. The first-order chi connectivity index (χ1) is 12.2. The second kappa shape index (κ2) is 7.05. The first kappa shape index (κ1) is 16.4. The molecular formula is C17H24N6O2. The Balaban J connectivity index is 1.43. The number of hydrogen-bond acceptors (Lipinski definition) is 6. The third kappa shape index (κ3) is 3.36. The van der Waals surface area contributed by atoms with Gasteiger partial charge in [-0.2, -0.15) is 4.98 Å². The van der Waals surface area contributed by atoms with E-state index in [0.29, 0.717) is 23.6 Å². The quantitative estimate of drug-likeness (QED) is 0.791. The largest absolute Gasteiger partial charge is 0.379 e. The summed E-state index contributed by atoms with van der Waals surface area (Å²) in [6.45, 7) is 7.33. The molecule has 2 atom stereocenters. The van der Waals surface area contributed by atoms with E-state index in [1.165, 1.54) is 0 Å². The zero-order chi connectivity index (χ0) is 17.2. The maximum Gasteiger partial charge on any atom is 0.252 e. The summed E-state index contributed by atoms with van der Waals surface area (Å²) in [6, 6.07) is 2.24. The molecule has 0 spiro atoms. The zero-order valence-electron chi connectivity index (χ0n) is 14.5. The Hall–Kier alpha value is -2.06. The van der Waals surface area contributed by atoms with E-state index in [9.17, 15) is 4.79 Å². The molecule has 0 aliphatic carbocycles. The summed E-state index contributed by atoms with van der Waals surface area (Å²) in [5, 5.41) is 4.34. The Labute approximate surface area is 146 Å². The molecule has 25 heavy (non-hydrogen) atoms. The summed E-state index contributed by atoms with van der Waals surface area (Å²) in [7, 11) is 0. The maximum absolute atomic E-state index is 12.8. The van der Waals surface area contributed by atoms with Crippen molar-refractivity contribution in [1.29, 1.82) is 0 Å². The van der Waals surface area contributed by atoms with Gasteiger partial charge < -0.3 is 9.64 Å². The van der Waals surface area contributed by atoms with Crippen molar-refractivity contribution in [2.24, 2.45) is 5.92 Å². The topological polar surface area (TPSA) is 75.9 Å². The normalized spacial score (nSPS) is 24.9. The van der Waals surface area contributed by atoms with Crippen LogP contribution >= 0.6 is 0 Å². The highest BCUT2D eigenvalue weighted by molar-refractivity contribution is 5.78. The Morgan fingerprint density at radius 2 is 2.16 bits per heavy atom. The van der Waals surface area contributed by atoms with Crippen LogP contribution in [-0.4, -0.2) is 80.7 Å². The summed E-state index contributed by atoms with van der Waals surface area (Å²) in [6.07, 6.45) is 4.79. The van der Waals surface area contributed by atoms with E-state index < -0.39 is 0 Å². The highest BCUT2D eigenvalue weighted by Crippen LogP contribution is 2.26. The van der Waals surface area contributed by atoms with Crippen molar-refractivity contribution in [3.8, 4) is 0 Å². The molecule has 0 aromatic carbocycles. The molecule has 0 saturated carbocycles. The highest BCUT2D eigenvalue weighted by atomic mass is 16.5. The standard InChI is InChI=1S/C17H24N6O2/c1-2-13-11-22(12-14(13)21-6-8-25-9-7-21)16(24)10-15-19-17-18-4-3-5-23(17)20-15/h3-5,13-14H,2,6-12H2,1H3/t13-,14+/m1/s1. The van der Waals surface area contributed by atoms with E-state index in [2.05, 4.69) is 26.9 Å². The minimum absolute atomic E-state index is 0.102. The lowest BCUT2D eigenvalue weighted by atomic mass is 9.99. The van der Waals surface area contributed by atoms with Gasteiger partial charge in [0.15, 0.2) is 5.82 Å². The van der Waals surface area contributed by atoms with E-state index >= 15 is 0 Å². The van der Waals surface area contributed by atoms with Crippen molar-refractivity contribution < 1.29 is 9.53 Å². The maximum atomic E-state index is 12.8. The van der Waals surface area contributed by atoms with Crippen LogP contribution in [-0.2, 0) is 16.0 Å². The predicted molar refractivity (Wildman–Crippen MR) is 91.0 cm³/mol. The summed E-state index contributed by atoms with van der Waals surface area (Å²) in [5.41, 5.74) is 0. The average Bonchev–Trinajstić information content (AvgIpc) is 3.25. The van der Waals surface area contributed by atoms with Crippen LogP contribution < -0.4 is 0 Å². The van der Waals surface area contributed by atoms with Crippen molar-refractivity contribution in [2.75, 3.05) is 39.4 Å². The van der Waals surface area contributed by atoms with Crippen molar-refractivity contribution in [1.82, 2.24) is 29.4 Å². The number of aromatic nitrogens is 4. The van der Waals surface area contributed by atoms with Crippen LogP contribution in [0.1, 0.15) is 19.2 Å². The monoisotopic (exact) mass is 344 g/mol. The third-order valence-electron chi connectivity index (χ3n) is 5.27. The summed E-state index contributed by atoms with van der Waals surface area (Å²) in [4.78, 5) is 25.7. The fourth-order valence-corrected chi connectivity index (χ4v) is 3.88. The number of fused-ring (bicyclic) bond motifs is 1. The van der Waals surface area contributed by atoms with Crippen LogP contribution in [0, 0.1) is 5.92 Å². The van der Waals surface area contributed by atoms with E-state index in [1.807, 2.05) is 4.90 Å². The van der Waals surface area contributed by atoms with Gasteiger partial charge in [-0.1, -0.05) is 13.3 Å². The molecule has 0 N–H and O–H groups in total. The van der Waals surface area contributed by atoms with Crippen LogP contribution in [0.25, 0.3) is 5.78 Å². The molecule has 2 aliphatic rings. The molecule has 0 unspecified atom stereocenters. The van der Waals surface area contributed by atoms with Gasteiger partial charge in [0.2, 0.25) is 5.91 Å². The van der Waals surface area contributed by atoms with Crippen molar-refractivity contribution >= 4 is 11.7 Å². The molecule has 134 valence electrons. The van der Waals surface area contributed by atoms with E-state index in [-0.39, 0.29) is 12.3 Å². The molecule has 1 amide bonds. The number of rotatable bonds is 4. The SMILES string of the molecule is CC[C@@H]1CN(C(=O)Cc2nc3ncccn3n2)C[C@@H]1N1CCOCC1. The smallest absolute Gasteiger partial charge is 0.252 e. The summed E-state index contributed by atoms with van der Waals surface area (Å²) in [5.74, 6) is 1.69. The molecule has 2 aromatic heterocycles. The average molecular weight is 344 g/mol. The molecular weight excluding hydrogens is 320 g/mol. The summed E-state index contributed by atoms with van der Waals surface area (Å²) >= 11 is 0. The lowest BCUT2D eigenvalue weighted by Crippen LogP contribution is -2.47. The molecule has 2 aromatic rings. The Kier molecular flexibility index (Phi) is 4.63. The van der Waals surface area contributed by atoms with Crippen LogP contribution in [0.15, 0.2) is 18.5 Å². The van der Waals surface area contributed by atoms with Gasteiger partial charge in [-0.15, -0.1) is 5.10 Å². The van der Waals surface area contributed by atoms with Crippen LogP contribution in [0.3, 0.4) is 0 Å². The van der Waals surface area contributed by atoms with Gasteiger partial charge in [0.1, 0.15) is 0 Å². The van der Waals surface area contributed by atoms with Crippen LogP contribution in [0.4, 0.5) is 0 Å². The van der Waals surface area contributed by atoms with E-state index in [4.69, 9.17) is 4.74 Å². The number of nitrogens with zero attached hydrogens (tertiary/aromatic N) is 6. The second-order valence-corrected chi connectivity index (χ2v) is 6.75. The molecule has 8 heteroatoms. The molecule has 2 fully saturated rings. The first-order valence-corrected chi connectivity index (χ1v) is 9.00. The fraction of sp³-hybridized carbons (Fsp3) is 0.647. The number of carbonyl (C=O) groups is 1.